The SMILES string of the molecule is CCO[Si](CCC(N)=C(C)CC)(OCC)OCC. The summed E-state index contributed by atoms with van der Waals surface area (Å²) < 4.78 is 17.4. The van der Waals surface area contributed by atoms with Crippen LogP contribution in [-0.2, 0) is 13.3 Å². The highest BCUT2D eigenvalue weighted by molar-refractivity contribution is 6.60. The molecular weight excluding hydrogens is 246 g/mol. The fourth-order valence-corrected chi connectivity index (χ4v) is 4.31. The Balaban J connectivity index is 4.66. The first kappa shape index (κ1) is 17.6. The van der Waals surface area contributed by atoms with Crippen molar-refractivity contribution in [3.8, 4) is 0 Å². The van der Waals surface area contributed by atoms with Crippen molar-refractivity contribution in [1.29, 1.82) is 0 Å². The quantitative estimate of drug-likeness (QED) is 0.623. The van der Waals surface area contributed by atoms with E-state index >= 15 is 0 Å². The third-order valence-corrected chi connectivity index (χ3v) is 5.92. The average Bonchev–Trinajstić information content (AvgIpc) is 2.36. The van der Waals surface area contributed by atoms with Gasteiger partial charge >= 0.3 is 8.80 Å². The minimum atomic E-state index is -2.53. The van der Waals surface area contributed by atoms with Crippen LogP contribution in [0.5, 0.6) is 0 Å². The van der Waals surface area contributed by atoms with E-state index in [1.807, 2.05) is 20.8 Å². The van der Waals surface area contributed by atoms with Gasteiger partial charge in [-0.15, -0.1) is 0 Å². The Morgan fingerprint density at radius 3 is 1.72 bits per heavy atom. The van der Waals surface area contributed by atoms with Crippen LogP contribution in [-0.4, -0.2) is 28.6 Å². The Morgan fingerprint density at radius 1 is 0.944 bits per heavy atom. The van der Waals surface area contributed by atoms with Gasteiger partial charge in [0.25, 0.3) is 0 Å². The molecular formula is C13H29NO3Si. The van der Waals surface area contributed by atoms with Gasteiger partial charge in [-0.3, -0.25) is 0 Å². The number of nitrogens with two attached hydrogens (primary N) is 1. The van der Waals surface area contributed by atoms with Crippen LogP contribution >= 0.6 is 0 Å². The maximum atomic E-state index is 6.06. The highest BCUT2D eigenvalue weighted by Crippen LogP contribution is 2.21. The molecule has 0 spiro atoms. The van der Waals surface area contributed by atoms with Crippen molar-refractivity contribution in [2.75, 3.05) is 19.8 Å². The molecule has 108 valence electrons. The van der Waals surface area contributed by atoms with Gasteiger partial charge < -0.3 is 19.0 Å². The van der Waals surface area contributed by atoms with Crippen LogP contribution in [0.25, 0.3) is 0 Å². The first-order valence-electron chi connectivity index (χ1n) is 6.91. The van der Waals surface area contributed by atoms with E-state index in [-0.39, 0.29) is 0 Å². The molecule has 0 aromatic heterocycles. The zero-order valence-electron chi connectivity index (χ0n) is 12.5. The first-order chi connectivity index (χ1) is 8.55. The lowest BCUT2D eigenvalue weighted by Gasteiger charge is -2.28. The van der Waals surface area contributed by atoms with Gasteiger partial charge in [-0.1, -0.05) is 12.5 Å². The molecule has 0 amide bonds. The molecule has 0 radical (unpaired) electrons. The van der Waals surface area contributed by atoms with Crippen LogP contribution < -0.4 is 5.73 Å². The number of hydrogen-bond donors (Lipinski definition) is 1. The molecule has 4 nitrogen and oxygen atoms in total. The zero-order valence-corrected chi connectivity index (χ0v) is 13.5. The van der Waals surface area contributed by atoms with Gasteiger partial charge in [-0.05, 0) is 40.5 Å². The third-order valence-electron chi connectivity index (χ3n) is 2.87. The van der Waals surface area contributed by atoms with Crippen LogP contribution in [0.15, 0.2) is 11.3 Å². The summed E-state index contributed by atoms with van der Waals surface area (Å²) in [5.74, 6) is 0. The van der Waals surface area contributed by atoms with Gasteiger partial charge in [0.1, 0.15) is 0 Å². The van der Waals surface area contributed by atoms with Crippen molar-refractivity contribution in [2.24, 2.45) is 5.73 Å². The molecule has 2 N–H and O–H groups in total. The average molecular weight is 275 g/mol. The summed E-state index contributed by atoms with van der Waals surface area (Å²) in [4.78, 5) is 0. The van der Waals surface area contributed by atoms with Gasteiger partial charge in [-0.2, -0.15) is 0 Å². The van der Waals surface area contributed by atoms with E-state index in [1.165, 1.54) is 5.57 Å². The Kier molecular flexibility index (Phi) is 9.36. The molecule has 0 aliphatic heterocycles. The van der Waals surface area contributed by atoms with Crippen LogP contribution in [0.2, 0.25) is 6.04 Å². The summed E-state index contributed by atoms with van der Waals surface area (Å²) in [5, 5.41) is 0. The molecule has 0 aromatic carbocycles. The topological polar surface area (TPSA) is 53.7 Å². The van der Waals surface area contributed by atoms with E-state index in [2.05, 4.69) is 13.8 Å². The molecule has 18 heavy (non-hydrogen) atoms. The molecule has 0 saturated heterocycles. The largest absolute Gasteiger partial charge is 0.501 e. The molecule has 0 bridgehead atoms. The van der Waals surface area contributed by atoms with E-state index in [0.717, 1.165) is 24.6 Å². The Morgan fingerprint density at radius 2 is 1.39 bits per heavy atom. The number of hydrogen-bond acceptors (Lipinski definition) is 4. The Hall–Kier alpha value is -0.363. The molecule has 0 fully saturated rings. The van der Waals surface area contributed by atoms with Crippen molar-refractivity contribution < 1.29 is 13.3 Å². The van der Waals surface area contributed by atoms with E-state index in [4.69, 9.17) is 19.0 Å². The minimum Gasteiger partial charge on any atom is -0.402 e. The Bertz CT molecular complexity index is 240. The zero-order chi connectivity index (χ0) is 14.0. The molecule has 0 saturated carbocycles. The smallest absolute Gasteiger partial charge is 0.402 e. The van der Waals surface area contributed by atoms with Crippen molar-refractivity contribution in [3.05, 3.63) is 11.3 Å². The van der Waals surface area contributed by atoms with E-state index in [9.17, 15) is 0 Å². The summed E-state index contributed by atoms with van der Waals surface area (Å²) in [6.45, 7) is 11.9. The third kappa shape index (κ3) is 6.00. The van der Waals surface area contributed by atoms with Gasteiger partial charge in [0.2, 0.25) is 0 Å². The van der Waals surface area contributed by atoms with E-state index < -0.39 is 8.80 Å². The number of rotatable bonds is 10. The van der Waals surface area contributed by atoms with Crippen LogP contribution in [0.4, 0.5) is 0 Å². The van der Waals surface area contributed by atoms with Crippen molar-refractivity contribution in [3.63, 3.8) is 0 Å². The van der Waals surface area contributed by atoms with Crippen molar-refractivity contribution >= 4 is 8.80 Å². The normalized spacial score (nSPS) is 13.6. The summed E-state index contributed by atoms with van der Waals surface area (Å²) in [7, 11) is -2.53. The van der Waals surface area contributed by atoms with Crippen LogP contribution in [0.3, 0.4) is 0 Å². The Labute approximate surface area is 113 Å². The predicted octanol–water partition coefficient (Wildman–Crippen LogP) is 3.07. The highest BCUT2D eigenvalue weighted by atomic mass is 28.4. The summed E-state index contributed by atoms with van der Waals surface area (Å²) in [6.07, 6.45) is 1.77. The fourth-order valence-electron chi connectivity index (χ4n) is 1.73. The predicted molar refractivity (Wildman–Crippen MR) is 77.2 cm³/mol. The lowest BCUT2D eigenvalue weighted by molar-refractivity contribution is 0.0713. The standard InChI is InChI=1S/C13H29NO3Si/c1-6-12(5)13(14)10-11-18(15-7-2,16-8-3)17-9-4/h6-11,14H2,1-5H3. The molecule has 0 unspecified atom stereocenters. The second kappa shape index (κ2) is 9.55. The lowest BCUT2D eigenvalue weighted by atomic mass is 10.1. The molecule has 0 heterocycles. The highest BCUT2D eigenvalue weighted by Gasteiger charge is 2.39. The molecule has 0 aliphatic rings. The van der Waals surface area contributed by atoms with Gasteiger partial charge in [0, 0.05) is 31.6 Å². The van der Waals surface area contributed by atoms with Gasteiger partial charge in [0.05, 0.1) is 0 Å². The minimum absolute atomic E-state index is 0.614. The molecule has 0 atom stereocenters. The number of allylic oxidation sites excluding steroid dienone is 2. The van der Waals surface area contributed by atoms with Gasteiger partial charge in [0.15, 0.2) is 0 Å². The van der Waals surface area contributed by atoms with Crippen molar-refractivity contribution in [2.45, 2.75) is 53.5 Å². The molecule has 0 aliphatic carbocycles. The summed E-state index contributed by atoms with van der Waals surface area (Å²) >= 11 is 0. The van der Waals surface area contributed by atoms with Crippen LogP contribution in [0.1, 0.15) is 47.5 Å². The maximum absolute atomic E-state index is 6.06. The first-order valence-corrected chi connectivity index (χ1v) is 8.84. The second-order valence-electron chi connectivity index (χ2n) is 4.14. The van der Waals surface area contributed by atoms with E-state index in [1.54, 1.807) is 0 Å². The van der Waals surface area contributed by atoms with Gasteiger partial charge in [-0.25, -0.2) is 0 Å². The van der Waals surface area contributed by atoms with Crippen molar-refractivity contribution in [1.82, 2.24) is 0 Å². The summed E-state index contributed by atoms with van der Waals surface area (Å²) in [5.41, 5.74) is 8.24. The second-order valence-corrected chi connectivity index (χ2v) is 6.87. The summed E-state index contributed by atoms with van der Waals surface area (Å²) in [6, 6.07) is 0.756. The van der Waals surface area contributed by atoms with Crippen LogP contribution in [0, 0.1) is 0 Å². The molecule has 5 heteroatoms. The fraction of sp³-hybridized carbons (Fsp3) is 0.846. The lowest BCUT2D eigenvalue weighted by Crippen LogP contribution is -2.46. The monoisotopic (exact) mass is 275 g/mol. The molecule has 0 rings (SSSR count). The molecule has 0 aromatic rings. The van der Waals surface area contributed by atoms with E-state index in [0.29, 0.717) is 19.8 Å². The maximum Gasteiger partial charge on any atom is 0.501 e.